The molecule has 3 saturated carbocycles. The molecule has 164 valence electrons. The van der Waals surface area contributed by atoms with Crippen LogP contribution in [-0.4, -0.2) is 22.4 Å². The van der Waals surface area contributed by atoms with Crippen molar-refractivity contribution in [2.75, 3.05) is 0 Å². The number of hydrogen-bond donors (Lipinski definition) is 2. The van der Waals surface area contributed by atoms with Crippen LogP contribution < -0.4 is 0 Å². The van der Waals surface area contributed by atoms with Gasteiger partial charge in [0.2, 0.25) is 0 Å². The Balaban J connectivity index is 1.71. The number of hydrogen-bond acceptors (Lipinski definition) is 2. The van der Waals surface area contributed by atoms with Gasteiger partial charge in [0.05, 0.1) is 12.2 Å². The highest BCUT2D eigenvalue weighted by Crippen LogP contribution is 2.59. The first kappa shape index (κ1) is 22.8. The third-order valence-electron chi connectivity index (χ3n) is 8.43. The zero-order valence-corrected chi connectivity index (χ0v) is 19.3. The number of allylic oxidation sites excluding steroid dienone is 3. The number of rotatable bonds is 6. The van der Waals surface area contributed by atoms with Crippen LogP contribution in [0.3, 0.4) is 0 Å². The predicted octanol–water partition coefficient (Wildman–Crippen LogP) is 6.59. The second-order valence-corrected chi connectivity index (χ2v) is 11.0. The maximum Gasteiger partial charge on any atom is 0.0811 e. The van der Waals surface area contributed by atoms with Gasteiger partial charge in [-0.1, -0.05) is 71.3 Å². The van der Waals surface area contributed by atoms with Crippen molar-refractivity contribution >= 4 is 0 Å². The molecular formula is C27H44O2. The normalized spacial score (nSPS) is 39.3. The summed E-state index contributed by atoms with van der Waals surface area (Å²) >= 11 is 0. The maximum absolute atomic E-state index is 10.1. The second-order valence-electron chi connectivity index (χ2n) is 11.0. The molecule has 3 rings (SSSR count). The van der Waals surface area contributed by atoms with Crippen molar-refractivity contribution in [3.05, 3.63) is 35.5 Å². The fourth-order valence-corrected chi connectivity index (χ4v) is 6.73. The molecule has 0 aliphatic heterocycles. The number of fused-ring (bicyclic) bond motifs is 1. The Hall–Kier alpha value is -0.860. The third-order valence-corrected chi connectivity index (χ3v) is 8.43. The Labute approximate surface area is 179 Å². The number of aliphatic hydroxyl groups is 2. The average Bonchev–Trinajstić information content (AvgIpc) is 3.00. The van der Waals surface area contributed by atoms with Crippen molar-refractivity contribution in [2.45, 2.75) is 104 Å². The summed E-state index contributed by atoms with van der Waals surface area (Å²) in [6.45, 7) is 13.8. The fourth-order valence-electron chi connectivity index (χ4n) is 6.73. The molecule has 3 fully saturated rings. The van der Waals surface area contributed by atoms with Crippen molar-refractivity contribution in [3.63, 3.8) is 0 Å². The van der Waals surface area contributed by atoms with Crippen molar-refractivity contribution < 1.29 is 10.2 Å². The molecule has 1 unspecified atom stereocenters. The van der Waals surface area contributed by atoms with Crippen LogP contribution in [0, 0.1) is 29.1 Å². The van der Waals surface area contributed by atoms with Crippen LogP contribution in [0.2, 0.25) is 0 Å². The van der Waals surface area contributed by atoms with E-state index >= 15 is 0 Å². The summed E-state index contributed by atoms with van der Waals surface area (Å²) in [5.74, 6) is 3.20. The molecule has 3 aliphatic rings. The lowest BCUT2D eigenvalue weighted by Crippen LogP contribution is -2.36. The smallest absolute Gasteiger partial charge is 0.0811 e. The highest BCUT2D eigenvalue weighted by molar-refractivity contribution is 5.38. The zero-order chi connectivity index (χ0) is 21.2. The highest BCUT2D eigenvalue weighted by atomic mass is 16.3. The quantitative estimate of drug-likeness (QED) is 0.528. The summed E-state index contributed by atoms with van der Waals surface area (Å²) in [6.07, 6.45) is 15.2. The van der Waals surface area contributed by atoms with E-state index in [1.807, 2.05) is 0 Å². The van der Waals surface area contributed by atoms with Crippen molar-refractivity contribution in [1.29, 1.82) is 0 Å². The first-order chi connectivity index (χ1) is 13.7. The Bertz CT molecular complexity index is 643. The van der Waals surface area contributed by atoms with E-state index < -0.39 is 12.2 Å². The van der Waals surface area contributed by atoms with Crippen LogP contribution in [0.5, 0.6) is 0 Å². The summed E-state index contributed by atoms with van der Waals surface area (Å²) in [7, 11) is 0. The topological polar surface area (TPSA) is 40.5 Å². The first-order valence-corrected chi connectivity index (χ1v) is 12.2. The zero-order valence-electron chi connectivity index (χ0n) is 19.3. The van der Waals surface area contributed by atoms with Gasteiger partial charge in [0.1, 0.15) is 0 Å². The molecule has 0 saturated heterocycles. The molecular weight excluding hydrogens is 356 g/mol. The first-order valence-electron chi connectivity index (χ1n) is 12.2. The lowest BCUT2D eigenvalue weighted by atomic mass is 9.60. The minimum absolute atomic E-state index is 0.420. The Morgan fingerprint density at radius 3 is 2.62 bits per heavy atom. The summed E-state index contributed by atoms with van der Waals surface area (Å²) in [5, 5.41) is 20.2. The van der Waals surface area contributed by atoms with E-state index in [0.29, 0.717) is 24.2 Å². The van der Waals surface area contributed by atoms with E-state index in [9.17, 15) is 10.2 Å². The molecule has 2 N–H and O–H groups in total. The molecule has 0 bridgehead atoms. The van der Waals surface area contributed by atoms with Crippen LogP contribution in [0.15, 0.2) is 35.5 Å². The average molecular weight is 401 g/mol. The maximum atomic E-state index is 10.1. The van der Waals surface area contributed by atoms with Gasteiger partial charge in [-0.2, -0.15) is 0 Å². The van der Waals surface area contributed by atoms with Crippen LogP contribution in [-0.2, 0) is 0 Å². The monoisotopic (exact) mass is 400 g/mol. The standard InChI is InChI=1S/C27H44O2/c1-18(2)8-6-9-19(3)24-13-14-25-21(10-7-15-27(24,25)5)11-12-22-16-23(28)17-26(29)20(22)4/h11-12,18-19,23-26,28-29H,4,6-10,13-17H2,1-3,5H3/b21-11+,22-12-/t19-,23+,24-,25?,26-,27-/m1/s1. The summed E-state index contributed by atoms with van der Waals surface area (Å²) in [6, 6.07) is 0. The molecule has 29 heavy (non-hydrogen) atoms. The Morgan fingerprint density at radius 2 is 1.90 bits per heavy atom. The molecule has 0 spiro atoms. The van der Waals surface area contributed by atoms with Gasteiger partial charge in [-0.15, -0.1) is 0 Å². The third kappa shape index (κ3) is 5.07. The van der Waals surface area contributed by atoms with E-state index in [1.54, 1.807) is 5.57 Å². The highest BCUT2D eigenvalue weighted by Gasteiger charge is 2.50. The van der Waals surface area contributed by atoms with Crippen LogP contribution in [0.4, 0.5) is 0 Å². The van der Waals surface area contributed by atoms with Crippen molar-refractivity contribution in [3.8, 4) is 0 Å². The van der Waals surface area contributed by atoms with E-state index in [1.165, 1.54) is 51.4 Å². The summed E-state index contributed by atoms with van der Waals surface area (Å²) < 4.78 is 0. The lowest BCUT2D eigenvalue weighted by molar-refractivity contribution is 0.0861. The van der Waals surface area contributed by atoms with Gasteiger partial charge >= 0.3 is 0 Å². The van der Waals surface area contributed by atoms with Gasteiger partial charge in [0, 0.05) is 6.42 Å². The van der Waals surface area contributed by atoms with Crippen molar-refractivity contribution in [2.24, 2.45) is 29.1 Å². The Kier molecular flexibility index (Phi) is 7.49. The van der Waals surface area contributed by atoms with Gasteiger partial charge in [-0.05, 0) is 78.8 Å². The summed E-state index contributed by atoms with van der Waals surface area (Å²) in [5.41, 5.74) is 3.88. The van der Waals surface area contributed by atoms with Gasteiger partial charge in [-0.3, -0.25) is 0 Å². The minimum atomic E-state index is -0.595. The minimum Gasteiger partial charge on any atom is -0.393 e. The predicted molar refractivity (Wildman–Crippen MR) is 123 cm³/mol. The molecule has 6 atom stereocenters. The molecule has 0 heterocycles. The molecule has 0 aromatic rings. The van der Waals surface area contributed by atoms with E-state index in [-0.39, 0.29) is 0 Å². The molecule has 2 nitrogen and oxygen atoms in total. The van der Waals surface area contributed by atoms with Gasteiger partial charge in [0.15, 0.2) is 0 Å². The molecule has 3 aliphatic carbocycles. The van der Waals surface area contributed by atoms with Crippen LogP contribution >= 0.6 is 0 Å². The van der Waals surface area contributed by atoms with Gasteiger partial charge in [-0.25, -0.2) is 0 Å². The lowest BCUT2D eigenvalue weighted by Gasteiger charge is -2.44. The Morgan fingerprint density at radius 1 is 1.14 bits per heavy atom. The van der Waals surface area contributed by atoms with Gasteiger partial charge in [0.25, 0.3) is 0 Å². The molecule has 0 amide bonds. The largest absolute Gasteiger partial charge is 0.393 e. The summed E-state index contributed by atoms with van der Waals surface area (Å²) in [4.78, 5) is 0. The second kappa shape index (κ2) is 9.52. The van der Waals surface area contributed by atoms with E-state index in [2.05, 4.69) is 46.4 Å². The fraction of sp³-hybridized carbons (Fsp3) is 0.778. The van der Waals surface area contributed by atoms with Crippen LogP contribution in [0.25, 0.3) is 0 Å². The van der Waals surface area contributed by atoms with Crippen molar-refractivity contribution in [1.82, 2.24) is 0 Å². The van der Waals surface area contributed by atoms with Gasteiger partial charge < -0.3 is 10.2 Å². The number of aliphatic hydroxyl groups excluding tert-OH is 2. The molecule has 0 aromatic heterocycles. The molecule has 2 heteroatoms. The molecule has 0 radical (unpaired) electrons. The van der Waals surface area contributed by atoms with E-state index in [0.717, 1.165) is 28.9 Å². The SMILES string of the molecule is C=C1/C(=C\C=C2/CCC[C@@]3(C)C2CC[C@@H]3[C@H](C)CCCC(C)C)C[C@H](O)C[C@H]1O. The van der Waals surface area contributed by atoms with E-state index in [4.69, 9.17) is 0 Å². The van der Waals surface area contributed by atoms with Crippen LogP contribution in [0.1, 0.15) is 91.9 Å². The molecule has 0 aromatic carbocycles.